The van der Waals surface area contributed by atoms with E-state index in [4.69, 9.17) is 16.0 Å². The summed E-state index contributed by atoms with van der Waals surface area (Å²) in [5, 5.41) is 3.17. The molecular formula is C22H15ClN2O3S. The summed E-state index contributed by atoms with van der Waals surface area (Å²) in [4.78, 5) is 32.7. The monoisotopic (exact) mass is 422 g/mol. The molecule has 1 aliphatic rings. The molecule has 2 aromatic heterocycles. The van der Waals surface area contributed by atoms with Crippen molar-refractivity contribution < 1.29 is 9.21 Å². The van der Waals surface area contributed by atoms with Gasteiger partial charge in [0.05, 0.1) is 17.0 Å². The first-order chi connectivity index (χ1) is 14.0. The average molecular weight is 423 g/mol. The van der Waals surface area contributed by atoms with Crippen LogP contribution in [0.4, 0.5) is 5.13 Å². The lowest BCUT2D eigenvalue weighted by atomic mass is 9.97. The van der Waals surface area contributed by atoms with Gasteiger partial charge in [0.25, 0.3) is 5.91 Å². The van der Waals surface area contributed by atoms with E-state index in [1.54, 1.807) is 23.7 Å². The van der Waals surface area contributed by atoms with Gasteiger partial charge in [0.15, 0.2) is 10.6 Å². The summed E-state index contributed by atoms with van der Waals surface area (Å²) in [5.41, 5.74) is 3.12. The fraction of sp³-hybridized carbons (Fsp3) is 0.136. The summed E-state index contributed by atoms with van der Waals surface area (Å²) in [6, 6.07) is 10.5. The number of fused-ring (bicyclic) bond motifs is 2. The van der Waals surface area contributed by atoms with Gasteiger partial charge in [-0.2, -0.15) is 0 Å². The highest BCUT2D eigenvalue weighted by atomic mass is 35.5. The van der Waals surface area contributed by atoms with Gasteiger partial charge in [-0.05, 0) is 37.1 Å². The number of thiazole rings is 1. The Labute approximate surface area is 175 Å². The Morgan fingerprint density at radius 1 is 1.14 bits per heavy atom. The molecule has 1 amide bonds. The SMILES string of the molecule is Cc1ccc([C@H]2c3c(oc4cc(C)c(Cl)cc4c3=O)C(=O)N2c2nccs2)cc1. The minimum atomic E-state index is -0.607. The number of nitrogens with zero attached hydrogens (tertiary/aromatic N) is 2. The molecule has 3 heterocycles. The van der Waals surface area contributed by atoms with Crippen LogP contribution < -0.4 is 10.3 Å². The zero-order valence-electron chi connectivity index (χ0n) is 15.6. The van der Waals surface area contributed by atoms with E-state index >= 15 is 0 Å². The number of amides is 1. The van der Waals surface area contributed by atoms with E-state index in [-0.39, 0.29) is 17.1 Å². The molecule has 1 atom stereocenters. The predicted molar refractivity (Wildman–Crippen MR) is 114 cm³/mol. The summed E-state index contributed by atoms with van der Waals surface area (Å²) >= 11 is 7.59. The van der Waals surface area contributed by atoms with E-state index in [2.05, 4.69) is 4.98 Å². The molecule has 0 unspecified atom stereocenters. The molecule has 0 spiro atoms. The minimum Gasteiger partial charge on any atom is -0.450 e. The predicted octanol–water partition coefficient (Wildman–Crippen LogP) is 5.27. The molecule has 5 rings (SSSR count). The van der Waals surface area contributed by atoms with Crippen molar-refractivity contribution in [3.8, 4) is 0 Å². The van der Waals surface area contributed by atoms with Crippen molar-refractivity contribution in [3.05, 3.63) is 91.2 Å². The molecule has 0 N–H and O–H groups in total. The number of aryl methyl sites for hydroxylation is 2. The molecule has 0 bridgehead atoms. The van der Waals surface area contributed by atoms with Gasteiger partial charge in [-0.15, -0.1) is 11.3 Å². The van der Waals surface area contributed by atoms with Gasteiger partial charge < -0.3 is 4.42 Å². The molecule has 2 aromatic carbocycles. The normalized spacial score (nSPS) is 15.9. The number of hydrogen-bond donors (Lipinski definition) is 0. The molecule has 0 radical (unpaired) electrons. The van der Waals surface area contributed by atoms with Crippen molar-refractivity contribution in [2.75, 3.05) is 4.90 Å². The largest absolute Gasteiger partial charge is 0.450 e. The van der Waals surface area contributed by atoms with Gasteiger partial charge in [-0.3, -0.25) is 14.5 Å². The van der Waals surface area contributed by atoms with E-state index in [1.165, 1.54) is 16.2 Å². The Morgan fingerprint density at radius 2 is 1.90 bits per heavy atom. The topological polar surface area (TPSA) is 63.4 Å². The molecule has 4 aromatic rings. The van der Waals surface area contributed by atoms with Crippen LogP contribution in [0, 0.1) is 13.8 Å². The molecule has 7 heteroatoms. The lowest BCUT2D eigenvalue weighted by Crippen LogP contribution is -2.29. The highest BCUT2D eigenvalue weighted by Crippen LogP contribution is 2.42. The van der Waals surface area contributed by atoms with Crippen LogP contribution in [0.2, 0.25) is 5.02 Å². The average Bonchev–Trinajstić information content (AvgIpc) is 3.31. The Morgan fingerprint density at radius 3 is 2.59 bits per heavy atom. The standard InChI is InChI=1S/C22H15ClN2O3S/c1-11-3-5-13(6-4-11)18-17-19(26)14-10-15(23)12(2)9-16(14)28-20(17)21(27)25(18)22-24-7-8-29-22/h3-10,18H,1-2H3/t18-/m0/s1. The van der Waals surface area contributed by atoms with Crippen LogP contribution in [0.15, 0.2) is 57.2 Å². The first kappa shape index (κ1) is 18.1. The number of rotatable bonds is 2. The highest BCUT2D eigenvalue weighted by Gasteiger charge is 2.44. The third-order valence-electron chi connectivity index (χ3n) is 5.17. The smallest absolute Gasteiger partial charge is 0.297 e. The van der Waals surface area contributed by atoms with Crippen molar-refractivity contribution in [1.82, 2.24) is 4.98 Å². The third-order valence-corrected chi connectivity index (χ3v) is 6.35. The molecule has 5 nitrogen and oxygen atoms in total. The summed E-state index contributed by atoms with van der Waals surface area (Å²) in [6.45, 7) is 3.82. The van der Waals surface area contributed by atoms with Crippen LogP contribution in [0.5, 0.6) is 0 Å². The maximum Gasteiger partial charge on any atom is 0.297 e. The van der Waals surface area contributed by atoms with Crippen molar-refractivity contribution in [3.63, 3.8) is 0 Å². The Balaban J connectivity index is 1.84. The Bertz CT molecular complexity index is 1330. The lowest BCUT2D eigenvalue weighted by molar-refractivity contribution is 0.0971. The molecule has 0 fully saturated rings. The first-order valence-electron chi connectivity index (χ1n) is 9.02. The summed E-state index contributed by atoms with van der Waals surface area (Å²) in [6.07, 6.45) is 1.64. The summed E-state index contributed by atoms with van der Waals surface area (Å²) in [7, 11) is 0. The van der Waals surface area contributed by atoms with E-state index in [9.17, 15) is 9.59 Å². The number of anilines is 1. The second-order valence-corrected chi connectivity index (χ2v) is 8.35. The second kappa shape index (κ2) is 6.54. The molecule has 0 saturated heterocycles. The van der Waals surface area contributed by atoms with Crippen LogP contribution in [0.1, 0.15) is 38.9 Å². The number of hydrogen-bond acceptors (Lipinski definition) is 5. The fourth-order valence-corrected chi connectivity index (χ4v) is 4.52. The fourth-order valence-electron chi connectivity index (χ4n) is 3.69. The van der Waals surface area contributed by atoms with Crippen LogP contribution in [-0.4, -0.2) is 10.9 Å². The summed E-state index contributed by atoms with van der Waals surface area (Å²) in [5.74, 6) is -0.308. The molecule has 1 aliphatic heterocycles. The van der Waals surface area contributed by atoms with E-state index in [1.807, 2.05) is 38.1 Å². The Hall–Kier alpha value is -2.96. The number of carbonyl (C=O) groups is 1. The minimum absolute atomic E-state index is 0.0602. The van der Waals surface area contributed by atoms with Gasteiger partial charge >= 0.3 is 0 Å². The van der Waals surface area contributed by atoms with E-state index in [0.29, 0.717) is 26.7 Å². The maximum atomic E-state index is 13.5. The van der Waals surface area contributed by atoms with Gasteiger partial charge in [-0.25, -0.2) is 4.98 Å². The maximum absolute atomic E-state index is 13.5. The molecule has 0 aliphatic carbocycles. The van der Waals surface area contributed by atoms with Gasteiger partial charge in [0, 0.05) is 16.6 Å². The van der Waals surface area contributed by atoms with Crippen molar-refractivity contribution in [2.45, 2.75) is 19.9 Å². The van der Waals surface area contributed by atoms with Crippen LogP contribution >= 0.6 is 22.9 Å². The second-order valence-electron chi connectivity index (χ2n) is 7.07. The Kier molecular flexibility index (Phi) is 4.08. The van der Waals surface area contributed by atoms with Gasteiger partial charge in [-0.1, -0.05) is 41.4 Å². The van der Waals surface area contributed by atoms with Crippen molar-refractivity contribution in [1.29, 1.82) is 0 Å². The molecule has 0 saturated carbocycles. The molecule has 29 heavy (non-hydrogen) atoms. The lowest BCUT2D eigenvalue weighted by Gasteiger charge is -2.22. The molecular weight excluding hydrogens is 408 g/mol. The first-order valence-corrected chi connectivity index (χ1v) is 10.3. The zero-order chi connectivity index (χ0) is 20.3. The van der Waals surface area contributed by atoms with Crippen molar-refractivity contribution >= 4 is 44.9 Å². The van der Waals surface area contributed by atoms with Gasteiger partial charge in [0.1, 0.15) is 5.58 Å². The van der Waals surface area contributed by atoms with Gasteiger partial charge in [0.2, 0.25) is 5.76 Å². The van der Waals surface area contributed by atoms with Crippen LogP contribution in [0.25, 0.3) is 11.0 Å². The number of benzene rings is 2. The van der Waals surface area contributed by atoms with Crippen LogP contribution in [0.3, 0.4) is 0 Å². The molecule has 144 valence electrons. The summed E-state index contributed by atoms with van der Waals surface area (Å²) < 4.78 is 5.96. The number of aromatic nitrogens is 1. The van der Waals surface area contributed by atoms with Crippen LogP contribution in [-0.2, 0) is 0 Å². The van der Waals surface area contributed by atoms with E-state index in [0.717, 1.165) is 16.7 Å². The third kappa shape index (κ3) is 2.71. The quantitative estimate of drug-likeness (QED) is 0.441. The van der Waals surface area contributed by atoms with E-state index < -0.39 is 6.04 Å². The van der Waals surface area contributed by atoms with Crippen molar-refractivity contribution in [2.24, 2.45) is 0 Å². The zero-order valence-corrected chi connectivity index (χ0v) is 17.2. The highest BCUT2D eigenvalue weighted by molar-refractivity contribution is 7.13. The number of carbonyl (C=O) groups excluding carboxylic acids is 1. The number of halogens is 1.